The van der Waals surface area contributed by atoms with Crippen molar-refractivity contribution in [1.29, 1.82) is 0 Å². The monoisotopic (exact) mass is 243 g/mol. The molecular formula is C16H21NO. The molecule has 2 heteroatoms. The van der Waals surface area contributed by atoms with E-state index in [4.69, 9.17) is 0 Å². The molecule has 1 heterocycles. The van der Waals surface area contributed by atoms with Crippen LogP contribution in [0.5, 0.6) is 0 Å². The van der Waals surface area contributed by atoms with E-state index in [2.05, 4.69) is 13.8 Å². The number of benzene rings is 1. The molecule has 18 heavy (non-hydrogen) atoms. The summed E-state index contributed by atoms with van der Waals surface area (Å²) >= 11 is 0. The highest BCUT2D eigenvalue weighted by molar-refractivity contribution is 5.91. The highest BCUT2D eigenvalue weighted by atomic mass is 16.2. The molecule has 0 N–H and O–H groups in total. The molecule has 1 aliphatic heterocycles. The molecule has 1 aromatic carbocycles. The van der Waals surface area contributed by atoms with Crippen molar-refractivity contribution in [2.75, 3.05) is 13.1 Å². The topological polar surface area (TPSA) is 20.3 Å². The molecule has 1 fully saturated rings. The molecule has 0 bridgehead atoms. The van der Waals surface area contributed by atoms with Crippen LogP contribution in [-0.4, -0.2) is 23.9 Å². The highest BCUT2D eigenvalue weighted by Gasteiger charge is 2.23. The molecule has 2 atom stereocenters. The van der Waals surface area contributed by atoms with E-state index in [0.29, 0.717) is 11.8 Å². The number of likely N-dealkylation sites (tertiary alicyclic amines) is 1. The third-order valence-corrected chi connectivity index (χ3v) is 3.40. The Morgan fingerprint density at radius 2 is 1.78 bits per heavy atom. The predicted molar refractivity (Wildman–Crippen MR) is 75.0 cm³/mol. The van der Waals surface area contributed by atoms with Crippen molar-refractivity contribution >= 4 is 12.0 Å². The summed E-state index contributed by atoms with van der Waals surface area (Å²) in [7, 11) is 0. The molecule has 0 aliphatic carbocycles. The smallest absolute Gasteiger partial charge is 0.246 e. The highest BCUT2D eigenvalue weighted by Crippen LogP contribution is 2.21. The van der Waals surface area contributed by atoms with Gasteiger partial charge in [-0.25, -0.2) is 0 Å². The number of hydrogen-bond acceptors (Lipinski definition) is 1. The maximum absolute atomic E-state index is 12.1. The second-order valence-electron chi connectivity index (χ2n) is 5.43. The van der Waals surface area contributed by atoms with Gasteiger partial charge in [-0.05, 0) is 29.9 Å². The third-order valence-electron chi connectivity index (χ3n) is 3.40. The Balaban J connectivity index is 1.97. The molecular weight excluding hydrogens is 222 g/mol. The van der Waals surface area contributed by atoms with Crippen LogP contribution in [-0.2, 0) is 4.79 Å². The van der Waals surface area contributed by atoms with Gasteiger partial charge in [0.2, 0.25) is 5.91 Å². The summed E-state index contributed by atoms with van der Waals surface area (Å²) in [5.41, 5.74) is 1.07. The van der Waals surface area contributed by atoms with Crippen molar-refractivity contribution in [1.82, 2.24) is 4.90 Å². The largest absolute Gasteiger partial charge is 0.339 e. The molecule has 2 unspecified atom stereocenters. The van der Waals surface area contributed by atoms with Gasteiger partial charge < -0.3 is 4.90 Å². The van der Waals surface area contributed by atoms with E-state index < -0.39 is 0 Å². The summed E-state index contributed by atoms with van der Waals surface area (Å²) in [6, 6.07) is 9.95. The van der Waals surface area contributed by atoms with Gasteiger partial charge in [-0.2, -0.15) is 0 Å². The minimum atomic E-state index is 0.136. The van der Waals surface area contributed by atoms with E-state index >= 15 is 0 Å². The lowest BCUT2D eigenvalue weighted by Gasteiger charge is -2.34. The zero-order valence-electron chi connectivity index (χ0n) is 11.2. The van der Waals surface area contributed by atoms with Crippen LogP contribution in [0.2, 0.25) is 0 Å². The van der Waals surface area contributed by atoms with E-state index in [9.17, 15) is 4.79 Å². The van der Waals surface area contributed by atoms with E-state index in [1.165, 1.54) is 6.42 Å². The molecule has 0 spiro atoms. The Bertz CT molecular complexity index is 414. The second kappa shape index (κ2) is 5.85. The number of rotatable bonds is 2. The van der Waals surface area contributed by atoms with Crippen molar-refractivity contribution in [3.8, 4) is 0 Å². The van der Waals surface area contributed by atoms with Crippen LogP contribution in [0.15, 0.2) is 36.4 Å². The first-order valence-electron chi connectivity index (χ1n) is 6.67. The summed E-state index contributed by atoms with van der Waals surface area (Å²) < 4.78 is 0. The molecule has 2 nitrogen and oxygen atoms in total. The van der Waals surface area contributed by atoms with E-state index in [-0.39, 0.29) is 5.91 Å². The van der Waals surface area contributed by atoms with Crippen molar-refractivity contribution in [3.05, 3.63) is 42.0 Å². The molecule has 0 aromatic heterocycles. The van der Waals surface area contributed by atoms with Crippen molar-refractivity contribution in [2.24, 2.45) is 11.8 Å². The molecule has 0 saturated carbocycles. The van der Waals surface area contributed by atoms with Crippen LogP contribution in [0.3, 0.4) is 0 Å². The number of amides is 1. The molecule has 2 rings (SSSR count). The Morgan fingerprint density at radius 1 is 1.17 bits per heavy atom. The number of nitrogens with zero attached hydrogens (tertiary/aromatic N) is 1. The minimum Gasteiger partial charge on any atom is -0.339 e. The molecule has 96 valence electrons. The van der Waals surface area contributed by atoms with E-state index in [1.807, 2.05) is 41.3 Å². The number of carbonyl (C=O) groups excluding carboxylic acids is 1. The summed E-state index contributed by atoms with van der Waals surface area (Å²) in [5.74, 6) is 1.36. The van der Waals surface area contributed by atoms with Crippen LogP contribution >= 0.6 is 0 Å². The van der Waals surface area contributed by atoms with Crippen LogP contribution in [0.25, 0.3) is 6.08 Å². The first-order chi connectivity index (χ1) is 8.65. The lowest BCUT2D eigenvalue weighted by Crippen LogP contribution is -2.41. The quantitative estimate of drug-likeness (QED) is 0.730. The average molecular weight is 243 g/mol. The second-order valence-corrected chi connectivity index (χ2v) is 5.43. The van der Waals surface area contributed by atoms with Gasteiger partial charge in [0.1, 0.15) is 0 Å². The Kier molecular flexibility index (Phi) is 4.19. The average Bonchev–Trinajstić information content (AvgIpc) is 2.36. The Hall–Kier alpha value is -1.57. The number of piperidine rings is 1. The zero-order valence-corrected chi connectivity index (χ0v) is 11.2. The fourth-order valence-electron chi connectivity index (χ4n) is 2.68. The van der Waals surface area contributed by atoms with Gasteiger partial charge >= 0.3 is 0 Å². The Morgan fingerprint density at radius 3 is 2.39 bits per heavy atom. The van der Waals surface area contributed by atoms with Gasteiger partial charge in [-0.1, -0.05) is 44.2 Å². The number of hydrogen-bond donors (Lipinski definition) is 0. The predicted octanol–water partition coefficient (Wildman–Crippen LogP) is 3.20. The van der Waals surface area contributed by atoms with Crippen molar-refractivity contribution in [2.45, 2.75) is 20.3 Å². The molecule has 1 saturated heterocycles. The zero-order chi connectivity index (χ0) is 13.0. The van der Waals surface area contributed by atoms with Gasteiger partial charge in [0, 0.05) is 19.2 Å². The van der Waals surface area contributed by atoms with Crippen LogP contribution in [0.4, 0.5) is 0 Å². The van der Waals surface area contributed by atoms with Crippen LogP contribution < -0.4 is 0 Å². The minimum absolute atomic E-state index is 0.136. The van der Waals surface area contributed by atoms with Gasteiger partial charge in [0.15, 0.2) is 0 Å². The fraction of sp³-hybridized carbons (Fsp3) is 0.438. The molecule has 1 aliphatic rings. The van der Waals surface area contributed by atoms with Crippen LogP contribution in [0.1, 0.15) is 25.8 Å². The standard InChI is InChI=1S/C16H21NO/c1-13-10-14(2)12-17(11-13)16(18)9-8-15-6-4-3-5-7-15/h3-9,13-14H,10-12H2,1-2H3. The number of carbonyl (C=O) groups is 1. The normalized spacial score (nSPS) is 24.4. The van der Waals surface area contributed by atoms with E-state index in [1.54, 1.807) is 6.08 Å². The maximum Gasteiger partial charge on any atom is 0.246 e. The van der Waals surface area contributed by atoms with Crippen LogP contribution in [0, 0.1) is 11.8 Å². The van der Waals surface area contributed by atoms with Gasteiger partial charge in [-0.3, -0.25) is 4.79 Å². The Labute approximate surface area is 109 Å². The van der Waals surface area contributed by atoms with Gasteiger partial charge in [-0.15, -0.1) is 0 Å². The van der Waals surface area contributed by atoms with E-state index in [0.717, 1.165) is 18.7 Å². The summed E-state index contributed by atoms with van der Waals surface area (Å²) in [4.78, 5) is 14.1. The molecule has 0 radical (unpaired) electrons. The summed E-state index contributed by atoms with van der Waals surface area (Å²) in [5, 5.41) is 0. The lowest BCUT2D eigenvalue weighted by atomic mass is 9.92. The lowest BCUT2D eigenvalue weighted by molar-refractivity contribution is -0.128. The molecule has 1 aromatic rings. The fourth-order valence-corrected chi connectivity index (χ4v) is 2.68. The summed E-state index contributed by atoms with van der Waals surface area (Å²) in [6.07, 6.45) is 4.82. The summed E-state index contributed by atoms with van der Waals surface area (Å²) in [6.45, 7) is 6.22. The maximum atomic E-state index is 12.1. The van der Waals surface area contributed by atoms with Gasteiger partial charge in [0.25, 0.3) is 0 Å². The van der Waals surface area contributed by atoms with Crippen molar-refractivity contribution in [3.63, 3.8) is 0 Å². The SMILES string of the molecule is CC1CC(C)CN(C(=O)C=Cc2ccccc2)C1. The first-order valence-corrected chi connectivity index (χ1v) is 6.67. The molecule has 1 amide bonds. The van der Waals surface area contributed by atoms with Gasteiger partial charge in [0.05, 0.1) is 0 Å². The third kappa shape index (κ3) is 3.46. The first kappa shape index (κ1) is 12.9. The van der Waals surface area contributed by atoms with Crippen molar-refractivity contribution < 1.29 is 4.79 Å².